The fourth-order valence-corrected chi connectivity index (χ4v) is 9.26. The van der Waals surface area contributed by atoms with E-state index in [1.165, 1.54) is 12.7 Å². The predicted molar refractivity (Wildman–Crippen MR) is 162 cm³/mol. The molecule has 3 fully saturated rings. The molecule has 0 saturated heterocycles. The Morgan fingerprint density at radius 3 is 2.65 bits per heavy atom. The van der Waals surface area contributed by atoms with Crippen LogP contribution in [0.25, 0.3) is 10.9 Å². The first-order valence-electron chi connectivity index (χ1n) is 16.0. The smallest absolute Gasteiger partial charge is 0.328 e. The average molecular weight is 589 g/mol. The lowest BCUT2D eigenvalue weighted by Crippen LogP contribution is -2.51. The molecule has 6 rings (SSSR count). The number of ether oxygens (including phenoxy) is 2. The molecular weight excluding hydrogens is 544 g/mol. The number of aromatic amines is 1. The highest BCUT2D eigenvalue weighted by molar-refractivity contribution is 5.91. The number of benzene rings is 1. The normalized spacial score (nSPS) is 32.2. The van der Waals surface area contributed by atoms with Gasteiger partial charge in [0.05, 0.1) is 13.5 Å². The third-order valence-electron chi connectivity index (χ3n) is 11.6. The third-order valence-corrected chi connectivity index (χ3v) is 11.6. The lowest BCUT2D eigenvalue weighted by Gasteiger charge is -2.57. The highest BCUT2D eigenvalue weighted by Crippen LogP contribution is 2.65. The molecule has 43 heavy (non-hydrogen) atoms. The van der Waals surface area contributed by atoms with E-state index in [1.54, 1.807) is 0 Å². The molecule has 0 unspecified atom stereocenters. The number of allylic oxidation sites excluding steroid dienone is 1. The molecule has 8 heteroatoms. The van der Waals surface area contributed by atoms with Crippen LogP contribution >= 0.6 is 0 Å². The van der Waals surface area contributed by atoms with Gasteiger partial charge in [0.2, 0.25) is 5.91 Å². The van der Waals surface area contributed by atoms with Crippen molar-refractivity contribution in [3.63, 3.8) is 0 Å². The van der Waals surface area contributed by atoms with Gasteiger partial charge in [0.1, 0.15) is 12.1 Å². The number of aromatic nitrogens is 1. The van der Waals surface area contributed by atoms with Crippen molar-refractivity contribution in [1.29, 1.82) is 0 Å². The number of carbonyl (C=O) groups excluding carboxylic acids is 4. The fraction of sp³-hybridized carbons (Fsp3) is 0.600. The lowest BCUT2D eigenvalue weighted by molar-refractivity contribution is -0.160. The summed E-state index contributed by atoms with van der Waals surface area (Å²) in [6, 6.07) is 6.93. The van der Waals surface area contributed by atoms with Gasteiger partial charge in [-0.15, -0.1) is 0 Å². The Labute approximate surface area is 253 Å². The fourth-order valence-electron chi connectivity index (χ4n) is 9.26. The lowest BCUT2D eigenvalue weighted by atomic mass is 9.47. The van der Waals surface area contributed by atoms with E-state index in [4.69, 9.17) is 9.47 Å². The summed E-state index contributed by atoms with van der Waals surface area (Å²) in [5, 5.41) is 3.76. The van der Waals surface area contributed by atoms with Crippen LogP contribution in [-0.4, -0.2) is 47.9 Å². The predicted octanol–water partition coefficient (Wildman–Crippen LogP) is 5.59. The van der Waals surface area contributed by atoms with Crippen LogP contribution in [-0.2, 0) is 35.1 Å². The molecule has 4 aliphatic rings. The van der Waals surface area contributed by atoms with Crippen LogP contribution in [0.15, 0.2) is 42.1 Å². The van der Waals surface area contributed by atoms with E-state index in [0.29, 0.717) is 24.2 Å². The Morgan fingerprint density at radius 1 is 1.02 bits per heavy atom. The second-order valence-electron chi connectivity index (χ2n) is 13.8. The molecule has 7 atom stereocenters. The molecule has 3 saturated carbocycles. The Balaban J connectivity index is 1.04. The van der Waals surface area contributed by atoms with Crippen LogP contribution in [0.2, 0.25) is 0 Å². The number of rotatable bonds is 8. The van der Waals surface area contributed by atoms with Crippen LogP contribution in [0.5, 0.6) is 0 Å². The van der Waals surface area contributed by atoms with Gasteiger partial charge in [0.25, 0.3) is 0 Å². The van der Waals surface area contributed by atoms with Crippen molar-refractivity contribution in [2.75, 3.05) is 7.11 Å². The monoisotopic (exact) mass is 588 g/mol. The van der Waals surface area contributed by atoms with E-state index in [-0.39, 0.29) is 53.9 Å². The Hall–Kier alpha value is -3.42. The maximum atomic E-state index is 13.0. The van der Waals surface area contributed by atoms with Crippen molar-refractivity contribution in [1.82, 2.24) is 10.3 Å². The van der Waals surface area contributed by atoms with Gasteiger partial charge >= 0.3 is 11.9 Å². The first-order valence-corrected chi connectivity index (χ1v) is 16.0. The van der Waals surface area contributed by atoms with Crippen LogP contribution in [0, 0.1) is 28.6 Å². The minimum absolute atomic E-state index is 0.0314. The van der Waals surface area contributed by atoms with Gasteiger partial charge in [-0.1, -0.05) is 37.6 Å². The van der Waals surface area contributed by atoms with Gasteiger partial charge < -0.3 is 19.8 Å². The number of carbonyl (C=O) groups is 4. The van der Waals surface area contributed by atoms with Crippen molar-refractivity contribution in [3.8, 4) is 0 Å². The van der Waals surface area contributed by atoms with Crippen LogP contribution < -0.4 is 5.32 Å². The Morgan fingerprint density at radius 2 is 1.84 bits per heavy atom. The topological polar surface area (TPSA) is 115 Å². The van der Waals surface area contributed by atoms with Crippen molar-refractivity contribution >= 4 is 34.5 Å². The number of hydrogen-bond donors (Lipinski definition) is 2. The van der Waals surface area contributed by atoms with Gasteiger partial charge in [-0.2, -0.15) is 0 Å². The summed E-state index contributed by atoms with van der Waals surface area (Å²) in [6.45, 7) is 4.68. The molecule has 1 amide bonds. The summed E-state index contributed by atoms with van der Waals surface area (Å²) in [5.74, 6) is 0.702. The van der Waals surface area contributed by atoms with Crippen LogP contribution in [0.4, 0.5) is 0 Å². The van der Waals surface area contributed by atoms with Crippen molar-refractivity contribution < 1.29 is 28.7 Å². The summed E-state index contributed by atoms with van der Waals surface area (Å²) < 4.78 is 11.1. The maximum absolute atomic E-state index is 13.0. The molecule has 0 bridgehead atoms. The molecule has 230 valence electrons. The zero-order valence-corrected chi connectivity index (χ0v) is 25.6. The standard InChI is InChI=1S/C35H44N2O6/c1-34-16-14-23(38)19-22(34)8-9-25-26-10-11-30(35(26,2)17-15-27(25)34)43-32(40)13-12-31(39)37-29(33(41)42-3)18-21-20-36-28-7-5-4-6-24(21)28/h4-7,19-20,25-27,29-30,36H,8-18H2,1-3H3,(H,37,39)/t25-,26-,27-,29-,30+,34-,35-/m0/s1. The third kappa shape index (κ3) is 5.42. The summed E-state index contributed by atoms with van der Waals surface area (Å²) in [6.07, 6.45) is 11.6. The van der Waals surface area contributed by atoms with Gasteiger partial charge in [0, 0.05) is 41.8 Å². The number of fused-ring (bicyclic) bond motifs is 6. The van der Waals surface area contributed by atoms with E-state index in [1.807, 2.05) is 36.5 Å². The van der Waals surface area contributed by atoms with Crippen LogP contribution in [0.1, 0.15) is 83.6 Å². The molecule has 0 spiro atoms. The SMILES string of the molecule is COC(=O)[C@H](Cc1c[nH]c2ccccc12)NC(=O)CCC(=O)O[C@@H]1CC[C@H]2[C@@H]3CCC4=CC(=O)CC[C@]4(C)[C@H]3CC[C@]12C. The number of amides is 1. The Kier molecular flexibility index (Phi) is 7.99. The van der Waals surface area contributed by atoms with Crippen LogP contribution in [0.3, 0.4) is 0 Å². The summed E-state index contributed by atoms with van der Waals surface area (Å²) in [5.41, 5.74) is 3.29. The Bertz CT molecular complexity index is 1460. The number of para-hydroxylation sites is 1. The first-order chi connectivity index (χ1) is 20.6. The van der Waals surface area contributed by atoms with E-state index >= 15 is 0 Å². The highest BCUT2D eigenvalue weighted by atomic mass is 16.5. The molecule has 0 radical (unpaired) electrons. The zero-order valence-electron chi connectivity index (χ0n) is 25.6. The largest absolute Gasteiger partial charge is 0.467 e. The summed E-state index contributed by atoms with van der Waals surface area (Å²) >= 11 is 0. The molecule has 1 aromatic heterocycles. The summed E-state index contributed by atoms with van der Waals surface area (Å²) in [7, 11) is 1.30. The number of esters is 2. The number of methoxy groups -OCH3 is 1. The van der Waals surface area contributed by atoms with Crippen molar-refractivity contribution in [2.24, 2.45) is 28.6 Å². The molecule has 2 aromatic rings. The number of nitrogens with one attached hydrogen (secondary N) is 2. The van der Waals surface area contributed by atoms with E-state index in [2.05, 4.69) is 24.1 Å². The average Bonchev–Trinajstić information content (AvgIpc) is 3.56. The second-order valence-corrected chi connectivity index (χ2v) is 13.8. The number of hydrogen-bond acceptors (Lipinski definition) is 6. The highest BCUT2D eigenvalue weighted by Gasteiger charge is 2.60. The minimum atomic E-state index is -0.854. The zero-order chi connectivity index (χ0) is 30.4. The molecular formula is C35H44N2O6. The quantitative estimate of drug-likeness (QED) is 0.389. The number of H-pyrrole nitrogens is 1. The molecule has 4 aliphatic carbocycles. The summed E-state index contributed by atoms with van der Waals surface area (Å²) in [4.78, 5) is 53.7. The van der Waals surface area contributed by atoms with Gasteiger partial charge in [-0.05, 0) is 85.8 Å². The van der Waals surface area contributed by atoms with E-state index < -0.39 is 12.0 Å². The number of ketones is 1. The van der Waals surface area contributed by atoms with Crippen molar-refractivity contribution in [3.05, 3.63) is 47.7 Å². The van der Waals surface area contributed by atoms with Gasteiger partial charge in [-0.3, -0.25) is 14.4 Å². The van der Waals surface area contributed by atoms with Gasteiger partial charge in [-0.25, -0.2) is 4.79 Å². The maximum Gasteiger partial charge on any atom is 0.328 e. The molecule has 0 aliphatic heterocycles. The second kappa shape index (κ2) is 11.6. The van der Waals surface area contributed by atoms with Gasteiger partial charge in [0.15, 0.2) is 5.78 Å². The first kappa shape index (κ1) is 29.6. The van der Waals surface area contributed by atoms with E-state index in [0.717, 1.165) is 61.4 Å². The van der Waals surface area contributed by atoms with E-state index in [9.17, 15) is 19.2 Å². The molecule has 1 aromatic carbocycles. The molecule has 2 N–H and O–H groups in total. The molecule has 1 heterocycles. The minimum Gasteiger partial charge on any atom is -0.467 e. The van der Waals surface area contributed by atoms with Crippen molar-refractivity contribution in [2.45, 2.75) is 96.6 Å². The molecule has 8 nitrogen and oxygen atoms in total.